The first kappa shape index (κ1) is 10.7. The van der Waals surface area contributed by atoms with Gasteiger partial charge in [0.05, 0.1) is 5.56 Å². The maximum atomic E-state index is 12.1. The van der Waals surface area contributed by atoms with E-state index in [1.807, 2.05) is 0 Å². The predicted molar refractivity (Wildman–Crippen MR) is 44.8 cm³/mol. The van der Waals surface area contributed by atoms with Gasteiger partial charge in [0.1, 0.15) is 0 Å². The molecule has 0 aliphatic carbocycles. The molecule has 0 saturated carbocycles. The van der Waals surface area contributed by atoms with Crippen molar-refractivity contribution in [2.75, 3.05) is 0 Å². The van der Waals surface area contributed by atoms with E-state index in [1.165, 1.54) is 0 Å². The molecule has 0 radical (unpaired) electrons. The smallest absolute Gasteiger partial charge is 0.425 e. The molecule has 14 heavy (non-hydrogen) atoms. The lowest BCUT2D eigenvalue weighted by molar-refractivity contribution is -0.137. The summed E-state index contributed by atoms with van der Waals surface area (Å²) in [7, 11) is -1.61. The fraction of sp³-hybridized carbons (Fsp3) is 0.143. The zero-order valence-electron chi connectivity index (χ0n) is 6.82. The van der Waals surface area contributed by atoms with Crippen molar-refractivity contribution >= 4 is 12.5 Å². The van der Waals surface area contributed by atoms with E-state index in [9.17, 15) is 18.1 Å². The zero-order valence-corrected chi connectivity index (χ0v) is 6.82. The van der Waals surface area contributed by atoms with Gasteiger partial charge in [-0.3, -0.25) is 0 Å². The quantitative estimate of drug-likeness (QED) is 0.578. The number of hydrogen-bond donors (Lipinski definition) is 1. The molecule has 0 atom stereocenters. The van der Waals surface area contributed by atoms with E-state index in [2.05, 4.69) is 5.09 Å². The Kier molecular flexibility index (Phi) is 2.90. The average Bonchev–Trinajstić information content (AvgIpc) is 2.15. The van der Waals surface area contributed by atoms with Crippen LogP contribution in [0.15, 0.2) is 29.4 Å². The van der Waals surface area contributed by atoms with E-state index >= 15 is 0 Å². The lowest BCUT2D eigenvalue weighted by atomic mass is 9.76. The van der Waals surface area contributed by atoms with Gasteiger partial charge in [-0.15, -0.1) is 0 Å². The second-order valence-electron chi connectivity index (χ2n) is 2.60. The van der Waals surface area contributed by atoms with Gasteiger partial charge < -0.3 is 5.02 Å². The molecule has 7 heteroatoms. The standard InChI is InChI=1S/C7H5BF3NO2/c9-7(10,11)5-1-3-6(4-2-5)8(13)12-14/h1-4,13H. The summed E-state index contributed by atoms with van der Waals surface area (Å²) in [6.45, 7) is 0. The van der Waals surface area contributed by atoms with Crippen molar-refractivity contribution < 1.29 is 18.2 Å². The van der Waals surface area contributed by atoms with Crippen molar-refractivity contribution in [3.63, 3.8) is 0 Å². The van der Waals surface area contributed by atoms with Gasteiger partial charge in [0.2, 0.25) is 0 Å². The Balaban J connectivity index is 2.95. The molecule has 0 heterocycles. The summed E-state index contributed by atoms with van der Waals surface area (Å²) < 4.78 is 36.2. The van der Waals surface area contributed by atoms with Crippen LogP contribution in [0, 0.1) is 4.91 Å². The number of nitrogens with zero attached hydrogens (tertiary/aromatic N) is 1. The molecule has 1 aromatic rings. The van der Waals surface area contributed by atoms with Gasteiger partial charge in [-0.2, -0.15) is 18.1 Å². The fourth-order valence-corrected chi connectivity index (χ4v) is 0.905. The van der Waals surface area contributed by atoms with Crippen LogP contribution in [0.4, 0.5) is 13.2 Å². The molecule has 0 fully saturated rings. The van der Waals surface area contributed by atoms with Gasteiger partial charge in [-0.1, -0.05) is 29.4 Å². The average molecular weight is 203 g/mol. The summed E-state index contributed by atoms with van der Waals surface area (Å²) in [6, 6.07) is 3.58. The molecule has 0 unspecified atom stereocenters. The van der Waals surface area contributed by atoms with Crippen LogP contribution in [0.25, 0.3) is 0 Å². The Morgan fingerprint density at radius 2 is 1.71 bits per heavy atom. The number of hydrogen-bond acceptors (Lipinski definition) is 3. The Morgan fingerprint density at radius 3 is 2.07 bits per heavy atom. The molecule has 0 saturated heterocycles. The minimum absolute atomic E-state index is 0.0352. The Morgan fingerprint density at radius 1 is 1.21 bits per heavy atom. The monoisotopic (exact) mass is 203 g/mol. The van der Waals surface area contributed by atoms with Crippen LogP contribution in [0.1, 0.15) is 5.56 Å². The summed E-state index contributed by atoms with van der Waals surface area (Å²) in [5, 5.41) is 11.1. The van der Waals surface area contributed by atoms with Gasteiger partial charge in [0.25, 0.3) is 0 Å². The van der Waals surface area contributed by atoms with Crippen LogP contribution in [0.2, 0.25) is 0 Å². The molecule has 3 nitrogen and oxygen atoms in total. The summed E-state index contributed by atoms with van der Waals surface area (Å²) in [5.74, 6) is 0. The Labute approximate surface area is 77.7 Å². The van der Waals surface area contributed by atoms with E-state index in [0.29, 0.717) is 0 Å². The van der Waals surface area contributed by atoms with E-state index in [1.54, 1.807) is 0 Å². The third kappa shape index (κ3) is 2.32. The first-order valence-electron chi connectivity index (χ1n) is 3.63. The van der Waals surface area contributed by atoms with E-state index in [4.69, 9.17) is 5.02 Å². The summed E-state index contributed by atoms with van der Waals surface area (Å²) in [6.07, 6.45) is -4.42. The molecule has 1 rings (SSSR count). The van der Waals surface area contributed by atoms with Gasteiger partial charge in [0, 0.05) is 0 Å². The highest BCUT2D eigenvalue weighted by Gasteiger charge is 2.30. The van der Waals surface area contributed by atoms with Crippen molar-refractivity contribution in [3.8, 4) is 0 Å². The minimum atomic E-state index is -4.42. The second kappa shape index (κ2) is 3.79. The highest BCUT2D eigenvalue weighted by atomic mass is 19.4. The van der Waals surface area contributed by atoms with E-state index < -0.39 is 18.8 Å². The molecule has 1 N–H and O–H groups in total. The normalized spacial score (nSPS) is 11.1. The van der Waals surface area contributed by atoms with Crippen LogP contribution in [-0.2, 0) is 6.18 Å². The first-order valence-corrected chi connectivity index (χ1v) is 3.63. The number of nitroso groups, excluding NO2 is 1. The van der Waals surface area contributed by atoms with Crippen molar-refractivity contribution in [1.29, 1.82) is 0 Å². The number of rotatable bonds is 2. The largest absolute Gasteiger partial charge is 0.517 e. The van der Waals surface area contributed by atoms with E-state index in [-0.39, 0.29) is 5.46 Å². The van der Waals surface area contributed by atoms with Crippen LogP contribution < -0.4 is 5.46 Å². The van der Waals surface area contributed by atoms with Crippen molar-refractivity contribution in [2.24, 2.45) is 5.09 Å². The molecule has 1 aromatic carbocycles. The number of halogens is 3. The third-order valence-corrected chi connectivity index (χ3v) is 1.64. The molecule has 0 amide bonds. The summed E-state index contributed by atoms with van der Waals surface area (Å²) in [5.41, 5.74) is -0.799. The van der Waals surface area contributed by atoms with Crippen molar-refractivity contribution in [1.82, 2.24) is 0 Å². The van der Waals surface area contributed by atoms with Crippen LogP contribution in [0.5, 0.6) is 0 Å². The minimum Gasteiger partial charge on any atom is -0.425 e. The fourth-order valence-electron chi connectivity index (χ4n) is 0.905. The molecule has 0 aliphatic rings. The van der Waals surface area contributed by atoms with Gasteiger partial charge in [-0.05, 0) is 5.46 Å². The molecule has 0 aliphatic heterocycles. The maximum Gasteiger partial charge on any atom is 0.517 e. The Hall–Kier alpha value is -1.37. The first-order chi connectivity index (χ1) is 6.45. The summed E-state index contributed by atoms with van der Waals surface area (Å²) >= 11 is 0. The molecule has 0 spiro atoms. The predicted octanol–water partition coefficient (Wildman–Crippen LogP) is 1.16. The maximum absolute atomic E-state index is 12.1. The third-order valence-electron chi connectivity index (χ3n) is 1.64. The highest BCUT2D eigenvalue weighted by molar-refractivity contribution is 6.64. The topological polar surface area (TPSA) is 49.7 Å². The SMILES string of the molecule is O=NB(O)c1ccc(C(F)(F)F)cc1. The molecular formula is C7H5BF3NO2. The molecular weight excluding hydrogens is 198 g/mol. The van der Waals surface area contributed by atoms with Gasteiger partial charge in [0.15, 0.2) is 0 Å². The lowest BCUT2D eigenvalue weighted by Crippen LogP contribution is -2.27. The van der Waals surface area contributed by atoms with E-state index in [0.717, 1.165) is 24.3 Å². The molecule has 0 bridgehead atoms. The zero-order chi connectivity index (χ0) is 10.8. The highest BCUT2D eigenvalue weighted by Crippen LogP contribution is 2.28. The van der Waals surface area contributed by atoms with Crippen molar-refractivity contribution in [3.05, 3.63) is 34.7 Å². The van der Waals surface area contributed by atoms with Crippen molar-refractivity contribution in [2.45, 2.75) is 6.18 Å². The van der Waals surface area contributed by atoms with Crippen LogP contribution in [-0.4, -0.2) is 12.1 Å². The lowest BCUT2D eigenvalue weighted by Gasteiger charge is -2.06. The van der Waals surface area contributed by atoms with Gasteiger partial charge in [-0.25, -0.2) is 0 Å². The second-order valence-corrected chi connectivity index (χ2v) is 2.60. The number of alkyl halides is 3. The summed E-state index contributed by atoms with van der Waals surface area (Å²) in [4.78, 5) is 9.86. The molecule has 74 valence electrons. The molecule has 0 aromatic heterocycles. The van der Waals surface area contributed by atoms with Crippen LogP contribution in [0.3, 0.4) is 0 Å². The number of benzene rings is 1. The Bertz CT molecular complexity index is 325. The van der Waals surface area contributed by atoms with Crippen LogP contribution >= 0.6 is 0 Å². The van der Waals surface area contributed by atoms with Gasteiger partial charge >= 0.3 is 13.2 Å².